The van der Waals surface area contributed by atoms with Crippen molar-refractivity contribution in [3.63, 3.8) is 0 Å². The van der Waals surface area contributed by atoms with Crippen LogP contribution in [0.15, 0.2) is 48.7 Å². The molecule has 3 aromatic rings. The van der Waals surface area contributed by atoms with E-state index < -0.39 is 12.1 Å². The molecule has 0 bridgehead atoms. The smallest absolute Gasteiger partial charge is 0.268 e. The quantitative estimate of drug-likeness (QED) is 0.605. The summed E-state index contributed by atoms with van der Waals surface area (Å²) in [5.41, 5.74) is 3.00. The van der Waals surface area contributed by atoms with Gasteiger partial charge in [-0.25, -0.2) is 0 Å². The van der Waals surface area contributed by atoms with E-state index in [9.17, 15) is 14.7 Å². The van der Waals surface area contributed by atoms with Crippen LogP contribution in [0.5, 0.6) is 0 Å². The van der Waals surface area contributed by atoms with Crippen molar-refractivity contribution in [3.8, 4) is 0 Å². The summed E-state index contributed by atoms with van der Waals surface area (Å²) in [6.07, 6.45) is 3.03. The van der Waals surface area contributed by atoms with Crippen LogP contribution < -0.4 is 5.32 Å². The first-order chi connectivity index (χ1) is 14.5. The fourth-order valence-corrected chi connectivity index (χ4v) is 3.92. The molecule has 156 valence electrons. The fraction of sp³-hybridized carbons (Fsp3) is 0.348. The Balaban J connectivity index is 1.56. The van der Waals surface area contributed by atoms with Crippen LogP contribution in [-0.2, 0) is 11.2 Å². The molecule has 1 fully saturated rings. The Morgan fingerprint density at radius 3 is 2.87 bits per heavy atom. The zero-order valence-corrected chi connectivity index (χ0v) is 17.0. The number of pyridine rings is 1. The van der Waals surface area contributed by atoms with Crippen LogP contribution in [0, 0.1) is 6.92 Å². The van der Waals surface area contributed by atoms with E-state index in [2.05, 4.69) is 15.3 Å². The molecule has 7 nitrogen and oxygen atoms in total. The number of aromatic nitrogens is 2. The number of hydrogen-bond donors (Lipinski definition) is 3. The highest BCUT2D eigenvalue weighted by molar-refractivity contribution is 6.00. The third kappa shape index (κ3) is 4.52. The van der Waals surface area contributed by atoms with Gasteiger partial charge in [-0.05, 0) is 37.5 Å². The summed E-state index contributed by atoms with van der Waals surface area (Å²) in [6.45, 7) is 2.79. The number of amides is 2. The zero-order chi connectivity index (χ0) is 21.1. The van der Waals surface area contributed by atoms with Crippen LogP contribution in [0.2, 0.25) is 0 Å². The lowest BCUT2D eigenvalue weighted by atomic mass is 10.0. The summed E-state index contributed by atoms with van der Waals surface area (Å²) in [5, 5.41) is 13.8. The highest BCUT2D eigenvalue weighted by Crippen LogP contribution is 2.17. The SMILES string of the molecule is Cc1cc2cc(C(=O)N[C@@H](Cc3ccccc3)C(=O)N3CCCC(O)C3)[nH]c2cn1. The number of fused-ring (bicyclic) bond motifs is 1. The maximum atomic E-state index is 13.2. The van der Waals surface area contributed by atoms with Crippen LogP contribution in [0.25, 0.3) is 10.9 Å². The minimum absolute atomic E-state index is 0.167. The molecule has 1 aliphatic rings. The Kier molecular flexibility index (Phi) is 5.81. The Labute approximate surface area is 175 Å². The van der Waals surface area contributed by atoms with Gasteiger partial charge in [-0.2, -0.15) is 0 Å². The molecule has 1 aromatic carbocycles. The van der Waals surface area contributed by atoms with Crippen molar-refractivity contribution in [1.82, 2.24) is 20.2 Å². The van der Waals surface area contributed by atoms with Gasteiger partial charge in [0.2, 0.25) is 5.91 Å². The van der Waals surface area contributed by atoms with E-state index in [4.69, 9.17) is 0 Å². The summed E-state index contributed by atoms with van der Waals surface area (Å²) < 4.78 is 0. The van der Waals surface area contributed by atoms with E-state index in [1.165, 1.54) is 0 Å². The van der Waals surface area contributed by atoms with E-state index in [1.807, 2.05) is 43.3 Å². The molecule has 2 aromatic heterocycles. The van der Waals surface area contributed by atoms with Gasteiger partial charge in [0.15, 0.2) is 0 Å². The predicted molar refractivity (Wildman–Crippen MR) is 114 cm³/mol. The molecule has 0 radical (unpaired) electrons. The average Bonchev–Trinajstić information content (AvgIpc) is 3.17. The van der Waals surface area contributed by atoms with Crippen LogP contribution in [0.1, 0.15) is 34.6 Å². The van der Waals surface area contributed by atoms with Crippen molar-refractivity contribution in [3.05, 3.63) is 65.6 Å². The van der Waals surface area contributed by atoms with Crippen molar-refractivity contribution in [2.75, 3.05) is 13.1 Å². The lowest BCUT2D eigenvalue weighted by Gasteiger charge is -2.33. The number of piperidine rings is 1. The van der Waals surface area contributed by atoms with Crippen molar-refractivity contribution < 1.29 is 14.7 Å². The number of aliphatic hydroxyl groups excluding tert-OH is 1. The highest BCUT2D eigenvalue weighted by atomic mass is 16.3. The number of aliphatic hydroxyl groups is 1. The summed E-state index contributed by atoms with van der Waals surface area (Å²) in [5.74, 6) is -0.504. The van der Waals surface area contributed by atoms with Gasteiger partial charge in [0.25, 0.3) is 5.91 Å². The Hall–Kier alpha value is -3.19. The molecule has 3 N–H and O–H groups in total. The molecule has 2 amide bonds. The van der Waals surface area contributed by atoms with E-state index in [0.717, 1.165) is 28.6 Å². The molecule has 0 aliphatic carbocycles. The van der Waals surface area contributed by atoms with Gasteiger partial charge < -0.3 is 20.3 Å². The van der Waals surface area contributed by atoms with Gasteiger partial charge in [-0.3, -0.25) is 14.6 Å². The van der Waals surface area contributed by atoms with E-state index in [1.54, 1.807) is 17.2 Å². The number of nitrogens with one attached hydrogen (secondary N) is 2. The van der Waals surface area contributed by atoms with Crippen molar-refractivity contribution in [2.24, 2.45) is 0 Å². The second kappa shape index (κ2) is 8.67. The minimum atomic E-state index is -0.712. The third-order valence-corrected chi connectivity index (χ3v) is 5.48. The average molecular weight is 406 g/mol. The highest BCUT2D eigenvalue weighted by Gasteiger charge is 2.30. The lowest BCUT2D eigenvalue weighted by Crippen LogP contribution is -2.53. The molecule has 2 atom stereocenters. The monoisotopic (exact) mass is 406 g/mol. The molecule has 1 unspecified atom stereocenters. The first kappa shape index (κ1) is 20.1. The lowest BCUT2D eigenvalue weighted by molar-refractivity contribution is -0.136. The maximum Gasteiger partial charge on any atom is 0.268 e. The van der Waals surface area contributed by atoms with Crippen molar-refractivity contribution in [2.45, 2.75) is 38.3 Å². The predicted octanol–water partition coefficient (Wildman–Crippen LogP) is 2.20. The number of nitrogens with zero attached hydrogens (tertiary/aromatic N) is 2. The number of H-pyrrole nitrogens is 1. The Morgan fingerprint density at radius 2 is 2.10 bits per heavy atom. The third-order valence-electron chi connectivity index (χ3n) is 5.48. The molecule has 30 heavy (non-hydrogen) atoms. The number of benzene rings is 1. The molecule has 0 spiro atoms. The first-order valence-corrected chi connectivity index (χ1v) is 10.3. The van der Waals surface area contributed by atoms with Crippen LogP contribution in [0.3, 0.4) is 0 Å². The number of rotatable bonds is 5. The van der Waals surface area contributed by atoms with Gasteiger partial charge in [0.1, 0.15) is 11.7 Å². The number of carbonyl (C=O) groups is 2. The molecule has 4 rings (SSSR count). The van der Waals surface area contributed by atoms with Crippen LogP contribution in [0.4, 0.5) is 0 Å². The van der Waals surface area contributed by atoms with E-state index in [-0.39, 0.29) is 11.8 Å². The van der Waals surface area contributed by atoms with Crippen molar-refractivity contribution >= 4 is 22.7 Å². The van der Waals surface area contributed by atoms with Crippen molar-refractivity contribution in [1.29, 1.82) is 0 Å². The Morgan fingerprint density at radius 1 is 1.30 bits per heavy atom. The molecule has 1 aliphatic heterocycles. The normalized spacial score (nSPS) is 17.7. The summed E-state index contributed by atoms with van der Waals surface area (Å²) in [4.78, 5) is 35.2. The first-order valence-electron chi connectivity index (χ1n) is 10.3. The molecule has 0 saturated carbocycles. The fourth-order valence-electron chi connectivity index (χ4n) is 3.92. The summed E-state index contributed by atoms with van der Waals surface area (Å²) >= 11 is 0. The van der Waals surface area contributed by atoms with E-state index >= 15 is 0 Å². The molecule has 1 saturated heterocycles. The largest absolute Gasteiger partial charge is 0.391 e. The van der Waals surface area contributed by atoms with Gasteiger partial charge in [0, 0.05) is 30.6 Å². The number of hydrogen-bond acceptors (Lipinski definition) is 4. The second-order valence-corrected chi connectivity index (χ2v) is 7.89. The minimum Gasteiger partial charge on any atom is -0.391 e. The van der Waals surface area contributed by atoms with Gasteiger partial charge in [-0.1, -0.05) is 30.3 Å². The van der Waals surface area contributed by atoms with Crippen LogP contribution in [-0.4, -0.2) is 57.0 Å². The topological polar surface area (TPSA) is 98.3 Å². The number of aryl methyl sites for hydroxylation is 1. The van der Waals surface area contributed by atoms with Gasteiger partial charge >= 0.3 is 0 Å². The second-order valence-electron chi connectivity index (χ2n) is 7.89. The number of likely N-dealkylation sites (tertiary alicyclic amines) is 1. The maximum absolute atomic E-state index is 13.2. The molecule has 7 heteroatoms. The molecule has 3 heterocycles. The zero-order valence-electron chi connectivity index (χ0n) is 17.0. The number of β-amino-alcohol motifs (C(OH)–C–C–N with tert-alkyl or cyclic N) is 1. The molecular formula is C23H26N4O3. The Bertz CT molecular complexity index is 1050. The van der Waals surface area contributed by atoms with Gasteiger partial charge in [-0.15, -0.1) is 0 Å². The van der Waals surface area contributed by atoms with Crippen LogP contribution >= 0.6 is 0 Å². The summed E-state index contributed by atoms with van der Waals surface area (Å²) in [7, 11) is 0. The van der Waals surface area contributed by atoms with Gasteiger partial charge in [0.05, 0.1) is 17.8 Å². The number of carbonyl (C=O) groups excluding carboxylic acids is 2. The standard InChI is InChI=1S/C23H26N4O3/c1-15-10-17-12-19(25-21(17)13-24-15)22(29)26-20(11-16-6-3-2-4-7-16)23(30)27-9-5-8-18(28)14-27/h2-4,6-7,10,12-13,18,20,25,28H,5,8-9,11,14H2,1H3,(H,26,29)/t18?,20-/m0/s1. The molecular weight excluding hydrogens is 380 g/mol. The van der Waals surface area contributed by atoms with E-state index in [0.29, 0.717) is 31.6 Å². The number of aromatic amines is 1. The summed E-state index contributed by atoms with van der Waals surface area (Å²) in [6, 6.07) is 12.6.